The molecule has 0 unspecified atom stereocenters. The van der Waals surface area contributed by atoms with E-state index in [1.165, 1.54) is 0 Å². The Balaban J connectivity index is 1.67. The van der Waals surface area contributed by atoms with Crippen LogP contribution in [0.15, 0.2) is 65.8 Å². The Bertz CT molecular complexity index is 1140. The van der Waals surface area contributed by atoms with Crippen molar-refractivity contribution in [1.29, 1.82) is 0 Å². The van der Waals surface area contributed by atoms with Crippen molar-refractivity contribution >= 4 is 24.8 Å². The second-order valence-corrected chi connectivity index (χ2v) is 16.0. The van der Waals surface area contributed by atoms with Gasteiger partial charge < -0.3 is 14.3 Å². The Morgan fingerprint density at radius 3 is 2.18 bits per heavy atom. The molecule has 2 heterocycles. The van der Waals surface area contributed by atoms with Gasteiger partial charge in [0.15, 0.2) is 0 Å². The summed E-state index contributed by atoms with van der Waals surface area (Å²) in [5.74, 6) is -0.0119. The maximum absolute atomic E-state index is 13.3. The van der Waals surface area contributed by atoms with Gasteiger partial charge in [0.2, 0.25) is 0 Å². The first-order chi connectivity index (χ1) is 18.5. The van der Waals surface area contributed by atoms with Crippen LogP contribution < -0.4 is 10.4 Å². The standard InChI is InChI=1S/C30H42N4O4Si/c1-6-23(21-28(2,3)39(36,24-15-9-7-10-16-24)25-17-11-8-12-18-25)30(5)26(29(4)22-37-29)34(27(35)38-30)20-14-13-19-32-33-31/h7-12,15-18,23,26,36H,6,13-14,19-22H2,1-5H3/t23-,26+,29-,30+/m0/s1. The van der Waals surface area contributed by atoms with Gasteiger partial charge in [-0.2, -0.15) is 0 Å². The molecular formula is C30H42N4O4Si. The Morgan fingerprint density at radius 1 is 1.13 bits per heavy atom. The van der Waals surface area contributed by atoms with Gasteiger partial charge >= 0.3 is 6.09 Å². The van der Waals surface area contributed by atoms with Crippen molar-refractivity contribution in [1.82, 2.24) is 4.90 Å². The number of ether oxygens (including phenoxy) is 2. The van der Waals surface area contributed by atoms with Crippen LogP contribution in [0.25, 0.3) is 10.4 Å². The lowest BCUT2D eigenvalue weighted by molar-refractivity contribution is -0.0313. The van der Waals surface area contributed by atoms with Crippen molar-refractivity contribution in [3.05, 3.63) is 71.1 Å². The zero-order chi connectivity index (χ0) is 28.3. The van der Waals surface area contributed by atoms with Gasteiger partial charge in [-0.1, -0.05) is 86.5 Å². The molecule has 2 fully saturated rings. The maximum Gasteiger partial charge on any atom is 0.410 e. The Labute approximate surface area is 233 Å². The highest BCUT2D eigenvalue weighted by atomic mass is 28.4. The zero-order valence-corrected chi connectivity index (χ0v) is 24.8. The average Bonchev–Trinajstić information content (AvgIpc) is 3.61. The number of carbonyl (C=O) groups excluding carboxylic acids is 1. The lowest BCUT2D eigenvalue weighted by Gasteiger charge is -2.47. The lowest BCUT2D eigenvalue weighted by atomic mass is 9.73. The molecule has 0 aromatic heterocycles. The molecule has 0 saturated carbocycles. The molecule has 8 nitrogen and oxygen atoms in total. The van der Waals surface area contributed by atoms with Crippen LogP contribution in [0.4, 0.5) is 4.79 Å². The van der Waals surface area contributed by atoms with Gasteiger partial charge in [-0.15, -0.1) is 0 Å². The topological polar surface area (TPSA) is 111 Å². The summed E-state index contributed by atoms with van der Waals surface area (Å²) in [7, 11) is -3.24. The van der Waals surface area contributed by atoms with E-state index in [-0.39, 0.29) is 18.1 Å². The van der Waals surface area contributed by atoms with E-state index in [1.54, 1.807) is 0 Å². The molecule has 2 aromatic carbocycles. The van der Waals surface area contributed by atoms with E-state index in [4.69, 9.17) is 15.0 Å². The Kier molecular flexibility index (Phi) is 8.47. The molecule has 0 bridgehead atoms. The van der Waals surface area contributed by atoms with E-state index in [2.05, 4.69) is 44.6 Å². The second-order valence-electron chi connectivity index (χ2n) is 12.0. The molecule has 4 atom stereocenters. The summed E-state index contributed by atoms with van der Waals surface area (Å²) >= 11 is 0. The predicted octanol–water partition coefficient (Wildman–Crippen LogP) is 5.39. The molecule has 1 amide bonds. The second kappa shape index (κ2) is 11.3. The smallest absolute Gasteiger partial charge is 0.410 e. The fourth-order valence-electron chi connectivity index (χ4n) is 6.78. The minimum Gasteiger partial charge on any atom is -0.440 e. The van der Waals surface area contributed by atoms with Gasteiger partial charge in [-0.05, 0) is 60.5 Å². The SMILES string of the molecule is CC[C@@H](CC(C)(C)[Si](O)(c1ccccc1)c1ccccc1)[C@@]1(C)OC(=O)N(CCCCN=[N+]=[N-])[C@@H]1[C@]1(C)CO1. The number of carbonyl (C=O) groups is 1. The molecule has 0 aliphatic carbocycles. The van der Waals surface area contributed by atoms with Crippen molar-refractivity contribution in [3.8, 4) is 0 Å². The number of epoxide rings is 1. The van der Waals surface area contributed by atoms with Crippen LogP contribution in [0, 0.1) is 5.92 Å². The van der Waals surface area contributed by atoms with Crippen LogP contribution in [0.3, 0.4) is 0 Å². The first-order valence-corrected chi connectivity index (χ1v) is 16.0. The third-order valence-corrected chi connectivity index (χ3v) is 13.5. The zero-order valence-electron chi connectivity index (χ0n) is 23.8. The number of amides is 1. The number of hydrogen-bond donors (Lipinski definition) is 1. The predicted molar refractivity (Wildman–Crippen MR) is 156 cm³/mol. The minimum absolute atomic E-state index is 0.0119. The molecule has 4 rings (SSSR count). The van der Waals surface area contributed by atoms with E-state index in [0.29, 0.717) is 39.0 Å². The molecule has 2 aliphatic heterocycles. The normalized spacial score (nSPS) is 25.6. The van der Waals surface area contributed by atoms with Crippen LogP contribution in [-0.2, 0) is 9.47 Å². The summed E-state index contributed by atoms with van der Waals surface area (Å²) < 4.78 is 12.2. The Hall–Kier alpha value is -2.84. The van der Waals surface area contributed by atoms with Crippen molar-refractivity contribution in [2.75, 3.05) is 19.7 Å². The number of cyclic esters (lactones) is 1. The first-order valence-electron chi connectivity index (χ1n) is 14.0. The lowest BCUT2D eigenvalue weighted by Crippen LogP contribution is -2.66. The largest absolute Gasteiger partial charge is 0.440 e. The van der Waals surface area contributed by atoms with Gasteiger partial charge in [0.25, 0.3) is 8.32 Å². The van der Waals surface area contributed by atoms with Crippen LogP contribution in [-0.4, -0.2) is 61.0 Å². The average molecular weight is 551 g/mol. The quantitative estimate of drug-likeness (QED) is 0.0899. The molecule has 9 heteroatoms. The number of azide groups is 1. The Morgan fingerprint density at radius 2 is 1.69 bits per heavy atom. The third kappa shape index (κ3) is 5.46. The molecular weight excluding hydrogens is 508 g/mol. The fraction of sp³-hybridized carbons (Fsp3) is 0.567. The van der Waals surface area contributed by atoms with E-state index < -0.39 is 24.6 Å². The monoisotopic (exact) mass is 550 g/mol. The summed E-state index contributed by atoms with van der Waals surface area (Å²) in [5.41, 5.74) is 7.30. The molecule has 2 saturated heterocycles. The molecule has 0 radical (unpaired) electrons. The molecule has 2 aromatic rings. The first kappa shape index (κ1) is 29.1. The third-order valence-electron chi connectivity index (χ3n) is 8.97. The van der Waals surface area contributed by atoms with Crippen molar-refractivity contribution in [2.45, 2.75) is 82.6 Å². The van der Waals surface area contributed by atoms with E-state index in [1.807, 2.05) is 65.6 Å². The van der Waals surface area contributed by atoms with Crippen LogP contribution in [0.5, 0.6) is 0 Å². The highest BCUT2D eigenvalue weighted by molar-refractivity contribution is 6.98. The highest BCUT2D eigenvalue weighted by Crippen LogP contribution is 2.53. The number of benzene rings is 2. The fourth-order valence-corrected chi connectivity index (χ4v) is 10.6. The highest BCUT2D eigenvalue weighted by Gasteiger charge is 2.67. The summed E-state index contributed by atoms with van der Waals surface area (Å²) in [4.78, 5) is 30.7. The van der Waals surface area contributed by atoms with E-state index >= 15 is 0 Å². The van der Waals surface area contributed by atoms with Gasteiger partial charge in [0, 0.05) is 23.9 Å². The van der Waals surface area contributed by atoms with Crippen LogP contribution >= 0.6 is 0 Å². The van der Waals surface area contributed by atoms with Crippen molar-refractivity contribution in [3.63, 3.8) is 0 Å². The summed E-state index contributed by atoms with van der Waals surface area (Å²) in [6.45, 7) is 12.1. The maximum atomic E-state index is 13.3. The van der Waals surface area contributed by atoms with Crippen LogP contribution in [0.1, 0.15) is 60.3 Å². The number of hydrogen-bond acceptors (Lipinski definition) is 5. The van der Waals surface area contributed by atoms with E-state index in [9.17, 15) is 9.59 Å². The minimum atomic E-state index is -3.24. The van der Waals surface area contributed by atoms with Gasteiger partial charge in [-0.25, -0.2) is 4.79 Å². The van der Waals surface area contributed by atoms with Crippen molar-refractivity contribution < 1.29 is 19.1 Å². The molecule has 0 spiro atoms. The summed E-state index contributed by atoms with van der Waals surface area (Å²) in [5, 5.41) is 5.08. The molecule has 210 valence electrons. The molecule has 39 heavy (non-hydrogen) atoms. The number of nitrogens with zero attached hydrogens (tertiary/aromatic N) is 4. The summed E-state index contributed by atoms with van der Waals surface area (Å²) in [6, 6.07) is 19.8. The van der Waals surface area contributed by atoms with Gasteiger partial charge in [0.05, 0.1) is 6.61 Å². The number of unbranched alkanes of at least 4 members (excludes halogenated alkanes) is 1. The van der Waals surface area contributed by atoms with Crippen LogP contribution in [0.2, 0.25) is 5.04 Å². The van der Waals surface area contributed by atoms with Gasteiger partial charge in [0.1, 0.15) is 17.2 Å². The van der Waals surface area contributed by atoms with Crippen molar-refractivity contribution in [2.24, 2.45) is 11.0 Å². The van der Waals surface area contributed by atoms with E-state index in [0.717, 1.165) is 16.8 Å². The molecule has 2 aliphatic rings. The van der Waals surface area contributed by atoms with Gasteiger partial charge in [-0.3, -0.25) is 4.90 Å². The number of rotatable bonds is 13. The summed E-state index contributed by atoms with van der Waals surface area (Å²) in [6.07, 6.45) is 2.56. The molecule has 1 N–H and O–H groups in total.